The fourth-order valence-electron chi connectivity index (χ4n) is 1.88. The molecule has 1 saturated heterocycles. The molecule has 18 heavy (non-hydrogen) atoms. The summed E-state index contributed by atoms with van der Waals surface area (Å²) in [6.45, 7) is 0.175. The molecule has 96 valence electrons. The van der Waals surface area contributed by atoms with Crippen LogP contribution in [0.1, 0.15) is 5.56 Å². The number of nitrogens with zero attached hydrogens (tertiary/aromatic N) is 1. The maximum atomic E-state index is 13.3. The van der Waals surface area contributed by atoms with Crippen molar-refractivity contribution < 1.29 is 18.7 Å². The predicted molar refractivity (Wildman–Crippen MR) is 62.7 cm³/mol. The second-order valence-electron chi connectivity index (χ2n) is 4.26. The van der Waals surface area contributed by atoms with E-state index in [1.54, 1.807) is 0 Å². The molecule has 1 fully saturated rings. The van der Waals surface area contributed by atoms with Crippen molar-refractivity contribution in [2.75, 3.05) is 13.1 Å². The van der Waals surface area contributed by atoms with Gasteiger partial charge in [0.05, 0.1) is 12.5 Å². The van der Waals surface area contributed by atoms with E-state index in [4.69, 9.17) is 4.74 Å². The van der Waals surface area contributed by atoms with Crippen LogP contribution in [0, 0.1) is 5.92 Å². The molecule has 5 heteroatoms. The highest BCUT2D eigenvalue weighted by atomic mass is 19.1. The van der Waals surface area contributed by atoms with Crippen LogP contribution in [0.2, 0.25) is 0 Å². The van der Waals surface area contributed by atoms with Gasteiger partial charge in [0.15, 0.2) is 0 Å². The van der Waals surface area contributed by atoms with Gasteiger partial charge in [0.1, 0.15) is 19.1 Å². The molecule has 1 aliphatic rings. The molecule has 0 bridgehead atoms. The Bertz CT molecular complexity index is 424. The topological polar surface area (TPSA) is 46.6 Å². The molecule has 0 N–H and O–H groups in total. The molecule has 1 aliphatic heterocycles. The summed E-state index contributed by atoms with van der Waals surface area (Å²) in [5.74, 6) is -0.728. The third-order valence-corrected chi connectivity index (χ3v) is 2.93. The van der Waals surface area contributed by atoms with Gasteiger partial charge < -0.3 is 14.4 Å². The number of halogens is 1. The van der Waals surface area contributed by atoms with Crippen molar-refractivity contribution in [2.24, 2.45) is 5.92 Å². The van der Waals surface area contributed by atoms with Crippen molar-refractivity contribution in [3.63, 3.8) is 0 Å². The second kappa shape index (κ2) is 5.62. The Morgan fingerprint density at radius 3 is 2.72 bits per heavy atom. The maximum Gasteiger partial charge on any atom is 0.410 e. The van der Waals surface area contributed by atoms with E-state index < -0.39 is 18.2 Å². The number of ether oxygens (including phenoxy) is 1. The van der Waals surface area contributed by atoms with Crippen molar-refractivity contribution in [3.8, 4) is 0 Å². The first-order chi connectivity index (χ1) is 8.70. The molecule has 0 saturated carbocycles. The average molecular weight is 251 g/mol. The van der Waals surface area contributed by atoms with Gasteiger partial charge in [-0.2, -0.15) is 0 Å². The molecule has 0 aliphatic carbocycles. The summed E-state index contributed by atoms with van der Waals surface area (Å²) in [6, 6.07) is 9.24. The molecule has 2 atom stereocenters. The number of carbonyl (C=O) groups is 2. The number of amides is 1. The fourth-order valence-corrected chi connectivity index (χ4v) is 1.88. The van der Waals surface area contributed by atoms with E-state index in [1.165, 1.54) is 4.90 Å². The van der Waals surface area contributed by atoms with Crippen LogP contribution in [-0.2, 0) is 16.1 Å². The molecule has 2 unspecified atom stereocenters. The molecule has 2 rings (SSSR count). The molecular weight excluding hydrogens is 237 g/mol. The van der Waals surface area contributed by atoms with Crippen molar-refractivity contribution in [1.82, 2.24) is 4.90 Å². The molecule has 0 spiro atoms. The number of hydrogen-bond donors (Lipinski definition) is 0. The molecule has 1 aromatic rings. The number of benzene rings is 1. The number of aldehydes is 1. The first-order valence-electron chi connectivity index (χ1n) is 5.75. The van der Waals surface area contributed by atoms with Crippen LogP contribution in [0.3, 0.4) is 0 Å². The Morgan fingerprint density at radius 2 is 2.11 bits per heavy atom. The van der Waals surface area contributed by atoms with E-state index >= 15 is 0 Å². The number of hydrogen-bond acceptors (Lipinski definition) is 3. The first-order valence-corrected chi connectivity index (χ1v) is 5.75. The lowest BCUT2D eigenvalue weighted by Gasteiger charge is -2.15. The van der Waals surface area contributed by atoms with E-state index in [0.717, 1.165) is 5.56 Å². The zero-order valence-electron chi connectivity index (χ0n) is 9.79. The largest absolute Gasteiger partial charge is 0.445 e. The van der Waals surface area contributed by atoms with Gasteiger partial charge in [0.25, 0.3) is 0 Å². The van der Waals surface area contributed by atoms with Crippen molar-refractivity contribution in [1.29, 1.82) is 0 Å². The Morgan fingerprint density at radius 1 is 1.39 bits per heavy atom. The summed E-state index contributed by atoms with van der Waals surface area (Å²) in [4.78, 5) is 23.4. The summed E-state index contributed by atoms with van der Waals surface area (Å²) in [5.41, 5.74) is 0.869. The van der Waals surface area contributed by atoms with Crippen LogP contribution in [-0.4, -0.2) is 36.5 Å². The fraction of sp³-hybridized carbons (Fsp3) is 0.385. The maximum absolute atomic E-state index is 13.3. The Balaban J connectivity index is 1.84. The van der Waals surface area contributed by atoms with Crippen LogP contribution in [0.15, 0.2) is 30.3 Å². The minimum Gasteiger partial charge on any atom is -0.445 e. The lowest BCUT2D eigenvalue weighted by molar-refractivity contribution is -0.111. The molecule has 4 nitrogen and oxygen atoms in total. The minimum absolute atomic E-state index is 0.0724. The number of alkyl halides is 1. The smallest absolute Gasteiger partial charge is 0.410 e. The summed E-state index contributed by atoms with van der Waals surface area (Å²) in [7, 11) is 0. The van der Waals surface area contributed by atoms with Crippen LogP contribution in [0.4, 0.5) is 9.18 Å². The third-order valence-electron chi connectivity index (χ3n) is 2.93. The van der Waals surface area contributed by atoms with Crippen LogP contribution in [0.5, 0.6) is 0 Å². The van der Waals surface area contributed by atoms with Crippen LogP contribution >= 0.6 is 0 Å². The Kier molecular flexibility index (Phi) is 3.92. The van der Waals surface area contributed by atoms with Gasteiger partial charge in [0.2, 0.25) is 0 Å². The van der Waals surface area contributed by atoms with Gasteiger partial charge >= 0.3 is 6.09 Å². The molecule has 1 heterocycles. The van der Waals surface area contributed by atoms with Gasteiger partial charge in [0, 0.05) is 6.54 Å². The first kappa shape index (κ1) is 12.5. The molecule has 0 radical (unpaired) electrons. The summed E-state index contributed by atoms with van der Waals surface area (Å²) in [5, 5.41) is 0. The predicted octanol–water partition coefficient (Wildman–Crippen LogP) is 1.79. The van der Waals surface area contributed by atoms with Crippen LogP contribution in [0.25, 0.3) is 0 Å². The Hall–Kier alpha value is -1.91. The normalized spacial score (nSPS) is 22.8. The standard InChI is InChI=1S/C13H14FNO3/c14-12-7-15(6-11(12)8-16)13(17)18-9-10-4-2-1-3-5-10/h1-5,8,11-12H,6-7,9H2. The number of carbonyl (C=O) groups excluding carboxylic acids is 2. The molecule has 1 aromatic carbocycles. The van der Waals surface area contributed by atoms with E-state index in [1.807, 2.05) is 30.3 Å². The van der Waals surface area contributed by atoms with E-state index in [2.05, 4.69) is 0 Å². The van der Waals surface area contributed by atoms with E-state index in [0.29, 0.717) is 6.29 Å². The summed E-state index contributed by atoms with van der Waals surface area (Å²) in [6.07, 6.45) is -1.31. The monoisotopic (exact) mass is 251 g/mol. The Labute approximate surface area is 104 Å². The summed E-state index contributed by atoms with van der Waals surface area (Å²) >= 11 is 0. The summed E-state index contributed by atoms with van der Waals surface area (Å²) < 4.78 is 18.3. The second-order valence-corrected chi connectivity index (χ2v) is 4.26. The highest BCUT2D eigenvalue weighted by molar-refractivity contribution is 5.69. The lowest BCUT2D eigenvalue weighted by atomic mass is 10.1. The molecular formula is C13H14FNO3. The number of likely N-dealkylation sites (tertiary alicyclic amines) is 1. The highest BCUT2D eigenvalue weighted by Gasteiger charge is 2.35. The van der Waals surface area contributed by atoms with Gasteiger partial charge in [-0.3, -0.25) is 0 Å². The molecule has 1 amide bonds. The van der Waals surface area contributed by atoms with Crippen molar-refractivity contribution in [3.05, 3.63) is 35.9 Å². The molecule has 0 aromatic heterocycles. The quantitative estimate of drug-likeness (QED) is 0.769. The highest BCUT2D eigenvalue weighted by Crippen LogP contribution is 2.19. The average Bonchev–Trinajstić information content (AvgIpc) is 2.78. The van der Waals surface area contributed by atoms with Crippen LogP contribution < -0.4 is 0 Å². The van der Waals surface area contributed by atoms with Gasteiger partial charge in [-0.1, -0.05) is 30.3 Å². The van der Waals surface area contributed by atoms with E-state index in [9.17, 15) is 14.0 Å². The van der Waals surface area contributed by atoms with Gasteiger partial charge in [-0.15, -0.1) is 0 Å². The lowest BCUT2D eigenvalue weighted by Crippen LogP contribution is -2.29. The zero-order chi connectivity index (χ0) is 13.0. The van der Waals surface area contributed by atoms with Gasteiger partial charge in [-0.05, 0) is 5.56 Å². The van der Waals surface area contributed by atoms with E-state index in [-0.39, 0.29) is 19.7 Å². The van der Waals surface area contributed by atoms with Gasteiger partial charge in [-0.25, -0.2) is 9.18 Å². The van der Waals surface area contributed by atoms with Crippen molar-refractivity contribution >= 4 is 12.4 Å². The SMILES string of the molecule is O=CC1CN(C(=O)OCc2ccccc2)CC1F. The van der Waals surface area contributed by atoms with Crippen molar-refractivity contribution in [2.45, 2.75) is 12.8 Å². The third kappa shape index (κ3) is 2.85. The minimum atomic E-state index is -1.29. The zero-order valence-corrected chi connectivity index (χ0v) is 9.79. The number of rotatable bonds is 3.